The highest BCUT2D eigenvalue weighted by Gasteiger charge is 2.97. The molecule has 7 rings (SSSR count). The molecule has 0 aromatic carbocycles. The summed E-state index contributed by atoms with van der Waals surface area (Å²) in [5.74, 6) is -6.46. The number of ether oxygens (including phenoxy) is 4. The summed E-state index contributed by atoms with van der Waals surface area (Å²) in [4.78, 5) is 62.0. The molecule has 2 spiro atoms. The van der Waals surface area contributed by atoms with Crippen molar-refractivity contribution in [3.8, 4) is 0 Å². The van der Waals surface area contributed by atoms with E-state index in [0.29, 0.717) is 18.4 Å². The van der Waals surface area contributed by atoms with E-state index < -0.39 is 93.2 Å². The molecule has 10 unspecified atom stereocenters. The second-order valence-electron chi connectivity index (χ2n) is 14.1. The summed E-state index contributed by atoms with van der Waals surface area (Å²) in [6.45, 7) is 7.43. The Hall–Kier alpha value is -3.00. The Morgan fingerprint density at radius 1 is 1.05 bits per heavy atom. The average molecular weight is 605 g/mol. The number of cyclic esters (lactones) is 2. The van der Waals surface area contributed by atoms with Crippen LogP contribution in [0.2, 0.25) is 0 Å². The number of rotatable bonds is 4. The summed E-state index contributed by atoms with van der Waals surface area (Å²) in [5.41, 5.74) is -8.83. The molecule has 2 saturated carbocycles. The molecule has 1 aromatic rings. The van der Waals surface area contributed by atoms with Crippen molar-refractivity contribution in [1.82, 2.24) is 0 Å². The molecule has 43 heavy (non-hydrogen) atoms. The second kappa shape index (κ2) is 8.38. The minimum Gasteiger partial charge on any atom is -0.472 e. The van der Waals surface area contributed by atoms with E-state index in [9.17, 15) is 29.4 Å². The van der Waals surface area contributed by atoms with Gasteiger partial charge in [0.25, 0.3) is 0 Å². The van der Waals surface area contributed by atoms with Gasteiger partial charge in [-0.25, -0.2) is 4.79 Å². The van der Waals surface area contributed by atoms with E-state index in [-0.39, 0.29) is 19.4 Å². The van der Waals surface area contributed by atoms with Gasteiger partial charge in [0.05, 0.1) is 24.4 Å². The van der Waals surface area contributed by atoms with Crippen LogP contribution in [0.15, 0.2) is 23.0 Å². The van der Waals surface area contributed by atoms with E-state index in [4.69, 9.17) is 33.1 Å². The molecule has 6 fully saturated rings. The molecule has 2 bridgehead atoms. The Balaban J connectivity index is 1.50. The minimum absolute atomic E-state index is 0.137. The zero-order chi connectivity index (χ0) is 31.0. The van der Waals surface area contributed by atoms with Crippen molar-refractivity contribution < 1.29 is 62.5 Å². The number of furan rings is 1. The predicted molar refractivity (Wildman–Crippen MR) is 138 cm³/mol. The number of fused-ring (bicyclic) bond motifs is 1. The topological polar surface area (TPSA) is 177 Å². The SMILES string of the molecule is CC(=O)OOC12CC34OC1(O)C1(COC(=O)CC1C(C)(C)C2OC(C)=O)C3CCC1(C)C(c2ccoc2)OC(=O)CC14O. The Kier molecular flexibility index (Phi) is 5.60. The summed E-state index contributed by atoms with van der Waals surface area (Å²) in [5, 5.41) is 26.1. The maximum atomic E-state index is 13.3. The van der Waals surface area contributed by atoms with Crippen LogP contribution in [0.5, 0.6) is 0 Å². The molecule has 4 aliphatic heterocycles. The van der Waals surface area contributed by atoms with Crippen molar-refractivity contribution in [3.63, 3.8) is 0 Å². The van der Waals surface area contributed by atoms with Gasteiger partial charge < -0.3 is 33.6 Å². The molecule has 0 amide bonds. The first kappa shape index (κ1) is 28.8. The monoisotopic (exact) mass is 604 g/mol. The lowest BCUT2D eigenvalue weighted by Gasteiger charge is -2.71. The Morgan fingerprint density at radius 2 is 1.79 bits per heavy atom. The molecular formula is C30H36O13. The van der Waals surface area contributed by atoms with E-state index >= 15 is 0 Å². The normalized spacial score (nSPS) is 48.7. The molecule has 0 radical (unpaired) electrons. The molecule has 5 heterocycles. The highest BCUT2D eigenvalue weighted by atomic mass is 17.2. The molecule has 13 nitrogen and oxygen atoms in total. The largest absolute Gasteiger partial charge is 0.472 e. The molecule has 1 aromatic heterocycles. The first-order chi connectivity index (χ1) is 20.0. The Bertz CT molecular complexity index is 1420. The minimum atomic E-state index is -2.39. The number of aliphatic hydroxyl groups is 2. The van der Waals surface area contributed by atoms with Gasteiger partial charge in [0.1, 0.15) is 30.0 Å². The smallest absolute Gasteiger partial charge is 0.339 e. The molecule has 4 saturated heterocycles. The third-order valence-electron chi connectivity index (χ3n) is 12.0. The van der Waals surface area contributed by atoms with Crippen LogP contribution in [0.3, 0.4) is 0 Å². The van der Waals surface area contributed by atoms with Crippen molar-refractivity contribution in [2.24, 2.45) is 28.1 Å². The first-order valence-corrected chi connectivity index (χ1v) is 14.6. The van der Waals surface area contributed by atoms with Crippen molar-refractivity contribution >= 4 is 23.9 Å². The number of esters is 3. The zero-order valence-corrected chi connectivity index (χ0v) is 24.7. The van der Waals surface area contributed by atoms with Gasteiger partial charge >= 0.3 is 23.9 Å². The number of hydrogen-bond acceptors (Lipinski definition) is 13. The van der Waals surface area contributed by atoms with Crippen LogP contribution in [0.1, 0.15) is 78.4 Å². The maximum absolute atomic E-state index is 13.3. The highest BCUT2D eigenvalue weighted by Crippen LogP contribution is 2.84. The quantitative estimate of drug-likeness (QED) is 0.221. The standard InChI is InChI=1S/C30H36O13/c1-15(31)39-23-24(3,4)19-10-20(33)38-14-26(19)18-6-8-25(5)22(17-7-9-37-12-17)40-21(34)11-29(25,35)27(18)13-28(23,30(26,36)42-27)43-41-16(2)32/h7,9,12,18-19,22-23,35-36H,6,8,10-11,13-14H2,1-5H3. The molecule has 234 valence electrons. The number of carbonyl (C=O) groups excluding carboxylic acids is 4. The van der Waals surface area contributed by atoms with Crippen molar-refractivity contribution in [2.45, 2.75) is 102 Å². The van der Waals surface area contributed by atoms with Crippen LogP contribution < -0.4 is 0 Å². The first-order valence-electron chi connectivity index (χ1n) is 14.6. The molecular weight excluding hydrogens is 568 g/mol. The fourth-order valence-corrected chi connectivity index (χ4v) is 10.5. The van der Waals surface area contributed by atoms with Gasteiger partial charge in [-0.2, -0.15) is 4.89 Å². The third-order valence-corrected chi connectivity index (χ3v) is 12.0. The predicted octanol–water partition coefficient (Wildman–Crippen LogP) is 2.03. The summed E-state index contributed by atoms with van der Waals surface area (Å²) < 4.78 is 29.5. The maximum Gasteiger partial charge on any atom is 0.339 e. The van der Waals surface area contributed by atoms with Crippen LogP contribution in [0.25, 0.3) is 0 Å². The van der Waals surface area contributed by atoms with Gasteiger partial charge in [-0.3, -0.25) is 19.3 Å². The van der Waals surface area contributed by atoms with Gasteiger partial charge in [0.2, 0.25) is 11.4 Å². The Morgan fingerprint density at radius 3 is 2.44 bits per heavy atom. The summed E-state index contributed by atoms with van der Waals surface area (Å²) in [6, 6.07) is 1.66. The fraction of sp³-hybridized carbons (Fsp3) is 0.733. The second-order valence-corrected chi connectivity index (χ2v) is 14.1. The van der Waals surface area contributed by atoms with Crippen molar-refractivity contribution in [1.29, 1.82) is 0 Å². The third kappa shape index (κ3) is 3.02. The van der Waals surface area contributed by atoms with E-state index in [1.165, 1.54) is 19.5 Å². The molecule has 13 heteroatoms. The van der Waals surface area contributed by atoms with Crippen LogP contribution in [0, 0.1) is 28.1 Å². The lowest BCUT2D eigenvalue weighted by atomic mass is 9.34. The summed E-state index contributed by atoms with van der Waals surface area (Å²) >= 11 is 0. The van der Waals surface area contributed by atoms with Crippen molar-refractivity contribution in [3.05, 3.63) is 24.2 Å². The van der Waals surface area contributed by atoms with Gasteiger partial charge in [0, 0.05) is 49.0 Å². The average Bonchev–Trinajstić information content (AvgIpc) is 3.59. The number of carbonyl (C=O) groups is 4. The molecule has 2 N–H and O–H groups in total. The van der Waals surface area contributed by atoms with E-state index in [2.05, 4.69) is 0 Å². The molecule has 6 aliphatic rings. The van der Waals surface area contributed by atoms with Gasteiger partial charge in [-0.05, 0) is 24.8 Å². The lowest BCUT2D eigenvalue weighted by Crippen LogP contribution is -2.84. The summed E-state index contributed by atoms with van der Waals surface area (Å²) in [7, 11) is 0. The highest BCUT2D eigenvalue weighted by molar-refractivity contribution is 5.74. The lowest BCUT2D eigenvalue weighted by molar-refractivity contribution is -0.461. The Labute approximate surface area is 247 Å². The fourth-order valence-electron chi connectivity index (χ4n) is 10.5. The molecule has 10 atom stereocenters. The van der Waals surface area contributed by atoms with E-state index in [1.54, 1.807) is 26.8 Å². The summed E-state index contributed by atoms with van der Waals surface area (Å²) in [6.07, 6.45) is 0.479. The van der Waals surface area contributed by atoms with Crippen molar-refractivity contribution in [2.75, 3.05) is 6.61 Å². The van der Waals surface area contributed by atoms with Crippen LogP contribution >= 0.6 is 0 Å². The van der Waals surface area contributed by atoms with Crippen LogP contribution in [-0.4, -0.2) is 69.4 Å². The van der Waals surface area contributed by atoms with Gasteiger partial charge in [-0.1, -0.05) is 20.8 Å². The molecule has 2 aliphatic carbocycles. The zero-order valence-electron chi connectivity index (χ0n) is 24.7. The van der Waals surface area contributed by atoms with Crippen LogP contribution in [-0.2, 0) is 47.9 Å². The van der Waals surface area contributed by atoms with Gasteiger partial charge in [0.15, 0.2) is 0 Å². The van der Waals surface area contributed by atoms with Gasteiger partial charge in [-0.15, -0.1) is 0 Å². The van der Waals surface area contributed by atoms with E-state index in [1.807, 2.05) is 0 Å². The van der Waals surface area contributed by atoms with E-state index in [0.717, 1.165) is 6.92 Å². The number of hydrogen-bond donors (Lipinski definition) is 2. The van der Waals surface area contributed by atoms with Crippen LogP contribution in [0.4, 0.5) is 0 Å².